The van der Waals surface area contributed by atoms with Crippen molar-refractivity contribution in [3.63, 3.8) is 0 Å². The van der Waals surface area contributed by atoms with Crippen LogP contribution in [0.15, 0.2) is 15.9 Å². The number of nitrogens with zero attached hydrogens (tertiary/aromatic N) is 2. The van der Waals surface area contributed by atoms with Gasteiger partial charge in [0.25, 0.3) is 0 Å². The Kier molecular flexibility index (Phi) is 3.25. The summed E-state index contributed by atoms with van der Waals surface area (Å²) in [5.74, 6) is 1.68. The number of aryl methyl sites for hydroxylation is 1. The highest BCUT2D eigenvalue weighted by Gasteiger charge is 2.10. The molecule has 0 aliphatic rings. The second-order valence-electron chi connectivity index (χ2n) is 3.49. The maximum atomic E-state index is 4.50. The lowest BCUT2D eigenvalue weighted by molar-refractivity contribution is 1.07. The van der Waals surface area contributed by atoms with Gasteiger partial charge in [0.05, 0.1) is 4.88 Å². The fraction of sp³-hybridized carbons (Fsp3) is 0.273. The minimum atomic E-state index is 0.781. The summed E-state index contributed by atoms with van der Waals surface area (Å²) in [7, 11) is 1.88. The van der Waals surface area contributed by atoms with E-state index in [2.05, 4.69) is 31.2 Å². The molecule has 0 aliphatic heterocycles. The predicted molar refractivity (Wildman–Crippen MR) is 72.1 cm³/mol. The Balaban J connectivity index is 2.54. The van der Waals surface area contributed by atoms with Gasteiger partial charge in [0, 0.05) is 28.2 Å². The molecule has 0 saturated carbocycles. The highest BCUT2D eigenvalue weighted by molar-refractivity contribution is 9.10. The minimum Gasteiger partial charge on any atom is -0.373 e. The third-order valence-corrected chi connectivity index (χ3v) is 4.10. The molecule has 0 saturated heterocycles. The molecule has 0 radical (unpaired) electrons. The summed E-state index contributed by atoms with van der Waals surface area (Å²) in [5.41, 5.74) is 2.11. The van der Waals surface area contributed by atoms with Gasteiger partial charge in [-0.3, -0.25) is 0 Å². The number of thiophene rings is 1. The molecule has 2 aromatic heterocycles. The van der Waals surface area contributed by atoms with Gasteiger partial charge in [0.2, 0.25) is 0 Å². The first-order valence-corrected chi connectivity index (χ1v) is 6.56. The largest absolute Gasteiger partial charge is 0.373 e. The molecular formula is C11H12BrN3S. The summed E-state index contributed by atoms with van der Waals surface area (Å²) in [6, 6.07) is 2.04. The van der Waals surface area contributed by atoms with Crippen molar-refractivity contribution in [2.45, 2.75) is 13.8 Å². The summed E-state index contributed by atoms with van der Waals surface area (Å²) in [6.45, 7) is 4.03. The fourth-order valence-electron chi connectivity index (χ4n) is 1.41. The first-order chi connectivity index (χ1) is 7.61. The van der Waals surface area contributed by atoms with Crippen LogP contribution in [0, 0.1) is 13.8 Å². The molecule has 16 heavy (non-hydrogen) atoms. The first-order valence-electron chi connectivity index (χ1n) is 4.89. The number of hydrogen-bond acceptors (Lipinski definition) is 4. The van der Waals surface area contributed by atoms with Gasteiger partial charge >= 0.3 is 0 Å². The van der Waals surface area contributed by atoms with Crippen LogP contribution in [-0.4, -0.2) is 17.0 Å². The monoisotopic (exact) mass is 297 g/mol. The maximum absolute atomic E-state index is 4.50. The van der Waals surface area contributed by atoms with Crippen molar-refractivity contribution in [2.24, 2.45) is 0 Å². The summed E-state index contributed by atoms with van der Waals surface area (Å²) in [4.78, 5) is 10.1. The van der Waals surface area contributed by atoms with Gasteiger partial charge < -0.3 is 5.32 Å². The van der Waals surface area contributed by atoms with Crippen LogP contribution in [0.3, 0.4) is 0 Å². The van der Waals surface area contributed by atoms with Crippen LogP contribution in [-0.2, 0) is 0 Å². The molecule has 0 bridgehead atoms. The molecule has 2 heterocycles. The standard InChI is InChI=1S/C11H12BrN3S/c1-6-7(2)14-11(15-10(6)13-3)9-4-8(12)5-16-9/h4-5H,1-3H3,(H,13,14,15). The van der Waals surface area contributed by atoms with E-state index in [1.807, 2.05) is 32.3 Å². The second kappa shape index (κ2) is 4.51. The van der Waals surface area contributed by atoms with Crippen LogP contribution in [0.25, 0.3) is 10.7 Å². The lowest BCUT2D eigenvalue weighted by Gasteiger charge is -2.08. The molecule has 5 heteroatoms. The quantitative estimate of drug-likeness (QED) is 0.920. The first kappa shape index (κ1) is 11.5. The number of halogens is 1. The van der Waals surface area contributed by atoms with Crippen LogP contribution >= 0.6 is 27.3 Å². The second-order valence-corrected chi connectivity index (χ2v) is 5.31. The van der Waals surface area contributed by atoms with E-state index < -0.39 is 0 Å². The summed E-state index contributed by atoms with van der Waals surface area (Å²) in [5, 5.41) is 5.13. The van der Waals surface area contributed by atoms with Gasteiger partial charge in [-0.2, -0.15) is 0 Å². The smallest absolute Gasteiger partial charge is 0.171 e. The van der Waals surface area contributed by atoms with Crippen LogP contribution < -0.4 is 5.32 Å². The Morgan fingerprint density at radius 3 is 2.62 bits per heavy atom. The molecule has 1 N–H and O–H groups in total. The third kappa shape index (κ3) is 2.10. The summed E-state index contributed by atoms with van der Waals surface area (Å²) >= 11 is 5.07. The van der Waals surface area contributed by atoms with Crippen LogP contribution in [0.1, 0.15) is 11.3 Å². The Hall–Kier alpha value is -0.940. The van der Waals surface area contributed by atoms with E-state index in [1.165, 1.54) is 0 Å². The predicted octanol–water partition coefficient (Wildman–Crippen LogP) is 3.63. The SMILES string of the molecule is CNc1nc(-c2cc(Br)cs2)nc(C)c1C. The number of aromatic nitrogens is 2. The molecule has 0 aliphatic carbocycles. The maximum Gasteiger partial charge on any atom is 0.171 e. The van der Waals surface area contributed by atoms with Gasteiger partial charge in [-0.05, 0) is 35.8 Å². The lowest BCUT2D eigenvalue weighted by Crippen LogP contribution is -2.02. The Bertz CT molecular complexity index is 522. The van der Waals surface area contributed by atoms with Gasteiger partial charge in [0.1, 0.15) is 5.82 Å². The number of hydrogen-bond donors (Lipinski definition) is 1. The number of anilines is 1. The van der Waals surface area contributed by atoms with E-state index in [-0.39, 0.29) is 0 Å². The minimum absolute atomic E-state index is 0.781. The van der Waals surface area contributed by atoms with E-state index >= 15 is 0 Å². The molecular weight excluding hydrogens is 286 g/mol. The average Bonchev–Trinajstić information content (AvgIpc) is 2.69. The van der Waals surface area contributed by atoms with Gasteiger partial charge in [0.15, 0.2) is 5.82 Å². The molecule has 3 nitrogen and oxygen atoms in total. The fourth-order valence-corrected chi connectivity index (χ4v) is 2.77. The Morgan fingerprint density at radius 1 is 1.31 bits per heavy atom. The van der Waals surface area contributed by atoms with Crippen molar-refractivity contribution in [3.8, 4) is 10.7 Å². The molecule has 0 atom stereocenters. The molecule has 2 rings (SSSR count). The summed E-state index contributed by atoms with van der Waals surface area (Å²) in [6.07, 6.45) is 0. The Morgan fingerprint density at radius 2 is 2.06 bits per heavy atom. The molecule has 0 spiro atoms. The zero-order valence-electron chi connectivity index (χ0n) is 9.34. The molecule has 2 aromatic rings. The molecule has 0 unspecified atom stereocenters. The van der Waals surface area contributed by atoms with Crippen molar-refractivity contribution in [3.05, 3.63) is 27.2 Å². The molecule has 84 valence electrons. The molecule has 0 fully saturated rings. The summed E-state index contributed by atoms with van der Waals surface area (Å²) < 4.78 is 1.07. The zero-order chi connectivity index (χ0) is 11.7. The van der Waals surface area contributed by atoms with Gasteiger partial charge in [-0.25, -0.2) is 9.97 Å². The van der Waals surface area contributed by atoms with E-state index in [1.54, 1.807) is 11.3 Å². The number of rotatable bonds is 2. The van der Waals surface area contributed by atoms with Crippen molar-refractivity contribution in [2.75, 3.05) is 12.4 Å². The topological polar surface area (TPSA) is 37.8 Å². The van der Waals surface area contributed by atoms with E-state index in [0.29, 0.717) is 0 Å². The highest BCUT2D eigenvalue weighted by Crippen LogP contribution is 2.29. The van der Waals surface area contributed by atoms with Crippen LogP contribution in [0.2, 0.25) is 0 Å². The van der Waals surface area contributed by atoms with E-state index in [4.69, 9.17) is 0 Å². The van der Waals surface area contributed by atoms with Crippen LogP contribution in [0.4, 0.5) is 5.82 Å². The Labute approximate surface area is 107 Å². The van der Waals surface area contributed by atoms with Crippen molar-refractivity contribution < 1.29 is 0 Å². The van der Waals surface area contributed by atoms with E-state index in [9.17, 15) is 0 Å². The van der Waals surface area contributed by atoms with E-state index in [0.717, 1.165) is 32.2 Å². The van der Waals surface area contributed by atoms with Gasteiger partial charge in [-0.1, -0.05) is 0 Å². The lowest BCUT2D eigenvalue weighted by atomic mass is 10.2. The average molecular weight is 298 g/mol. The molecule has 0 aromatic carbocycles. The van der Waals surface area contributed by atoms with Crippen molar-refractivity contribution >= 4 is 33.1 Å². The highest BCUT2D eigenvalue weighted by atomic mass is 79.9. The normalized spacial score (nSPS) is 10.5. The third-order valence-electron chi connectivity index (χ3n) is 2.41. The van der Waals surface area contributed by atoms with Crippen molar-refractivity contribution in [1.29, 1.82) is 0 Å². The molecule has 0 amide bonds. The number of nitrogens with one attached hydrogen (secondary N) is 1. The van der Waals surface area contributed by atoms with Crippen molar-refractivity contribution in [1.82, 2.24) is 9.97 Å². The van der Waals surface area contributed by atoms with Gasteiger partial charge in [-0.15, -0.1) is 11.3 Å². The van der Waals surface area contributed by atoms with Crippen LogP contribution in [0.5, 0.6) is 0 Å². The zero-order valence-corrected chi connectivity index (χ0v) is 11.7.